The molecule has 0 amide bonds. The minimum atomic E-state index is -5.32. The predicted molar refractivity (Wildman–Crippen MR) is 75.4 cm³/mol. The predicted octanol–water partition coefficient (Wildman–Crippen LogP) is 1.51. The largest absolute Gasteiger partial charge is 0.467 e. The van der Waals surface area contributed by atoms with Crippen LogP contribution in [0.25, 0.3) is 0 Å². The highest BCUT2D eigenvalue weighted by Crippen LogP contribution is 2.44. The quantitative estimate of drug-likeness (QED) is 0.759. The third kappa shape index (κ3) is 2.80. The molecule has 1 saturated heterocycles. The van der Waals surface area contributed by atoms with Gasteiger partial charge in [-0.1, -0.05) is 18.2 Å². The SMILES string of the molecule is COC(=O)[C@@]1(C(F)(F)F)CC(=O)CCN1S(=O)(=O)c1ccccc1. The monoisotopic (exact) mass is 365 g/mol. The molecule has 0 saturated carbocycles. The third-order valence-corrected chi connectivity index (χ3v) is 5.74. The van der Waals surface area contributed by atoms with Crippen molar-refractivity contribution >= 4 is 21.8 Å². The number of hydrogen-bond acceptors (Lipinski definition) is 5. The van der Waals surface area contributed by atoms with Gasteiger partial charge in [0.25, 0.3) is 0 Å². The maximum Gasteiger partial charge on any atom is 0.419 e. The van der Waals surface area contributed by atoms with Crippen molar-refractivity contribution in [2.24, 2.45) is 0 Å². The Hall–Kier alpha value is -1.94. The Morgan fingerprint density at radius 1 is 1.25 bits per heavy atom. The van der Waals surface area contributed by atoms with Gasteiger partial charge in [0.1, 0.15) is 5.78 Å². The van der Waals surface area contributed by atoms with Gasteiger partial charge in [-0.2, -0.15) is 17.5 Å². The van der Waals surface area contributed by atoms with Crippen LogP contribution in [0.1, 0.15) is 12.8 Å². The van der Waals surface area contributed by atoms with Crippen LogP contribution in [0.15, 0.2) is 35.2 Å². The highest BCUT2D eigenvalue weighted by atomic mass is 32.2. The minimum Gasteiger partial charge on any atom is -0.467 e. The summed E-state index contributed by atoms with van der Waals surface area (Å²) in [5.74, 6) is -2.69. The number of Topliss-reactive ketones (excluding diaryl/α,β-unsaturated/α-hetero) is 1. The van der Waals surface area contributed by atoms with E-state index in [0.717, 1.165) is 12.1 Å². The van der Waals surface area contributed by atoms with Crippen LogP contribution >= 0.6 is 0 Å². The second kappa shape index (κ2) is 6.17. The van der Waals surface area contributed by atoms with E-state index in [-0.39, 0.29) is 4.31 Å². The standard InChI is InChI=1S/C14H14F3NO5S/c1-23-12(20)13(14(15,16)17)9-10(19)7-8-18(13)24(21,22)11-5-3-2-4-6-11/h2-6H,7-9H2,1H3/t13-/m1/s1. The molecule has 1 aromatic carbocycles. The van der Waals surface area contributed by atoms with Crippen molar-refractivity contribution in [3.8, 4) is 0 Å². The number of carbonyl (C=O) groups is 2. The summed E-state index contributed by atoms with van der Waals surface area (Å²) in [6.45, 7) is -0.759. The van der Waals surface area contributed by atoms with Crippen LogP contribution in [-0.4, -0.2) is 49.8 Å². The van der Waals surface area contributed by atoms with Crippen LogP contribution in [0.5, 0.6) is 0 Å². The van der Waals surface area contributed by atoms with Crippen LogP contribution in [0.3, 0.4) is 0 Å². The van der Waals surface area contributed by atoms with E-state index in [2.05, 4.69) is 4.74 Å². The molecule has 0 aromatic heterocycles. The van der Waals surface area contributed by atoms with E-state index in [9.17, 15) is 31.2 Å². The van der Waals surface area contributed by atoms with E-state index < -0.39 is 57.8 Å². The maximum absolute atomic E-state index is 13.7. The van der Waals surface area contributed by atoms with E-state index in [4.69, 9.17) is 0 Å². The van der Waals surface area contributed by atoms with Gasteiger partial charge in [-0.05, 0) is 12.1 Å². The Bertz CT molecular complexity index is 747. The number of halogens is 3. The number of alkyl halides is 3. The second-order valence-electron chi connectivity index (χ2n) is 5.21. The van der Waals surface area contributed by atoms with E-state index in [1.165, 1.54) is 18.2 Å². The normalized spacial score (nSPS) is 23.1. The first kappa shape index (κ1) is 18.4. The number of esters is 1. The van der Waals surface area contributed by atoms with Gasteiger partial charge in [-0.15, -0.1) is 0 Å². The highest BCUT2D eigenvalue weighted by Gasteiger charge is 2.69. The molecule has 1 aliphatic rings. The fourth-order valence-electron chi connectivity index (χ4n) is 2.62. The summed E-state index contributed by atoms with van der Waals surface area (Å²) in [5, 5.41) is 0. The number of hydrogen-bond donors (Lipinski definition) is 0. The summed E-state index contributed by atoms with van der Waals surface area (Å²) >= 11 is 0. The first-order valence-corrected chi connectivity index (χ1v) is 8.26. The summed E-state index contributed by atoms with van der Waals surface area (Å²) in [5.41, 5.74) is -3.56. The molecule has 0 bridgehead atoms. The van der Waals surface area contributed by atoms with Crippen molar-refractivity contribution in [3.05, 3.63) is 30.3 Å². The average molecular weight is 365 g/mol. The lowest BCUT2D eigenvalue weighted by Gasteiger charge is -2.43. The third-order valence-electron chi connectivity index (χ3n) is 3.80. The maximum atomic E-state index is 13.7. The molecule has 0 unspecified atom stereocenters. The van der Waals surface area contributed by atoms with Crippen molar-refractivity contribution < 1.29 is 35.9 Å². The molecule has 1 atom stereocenters. The summed E-state index contributed by atoms with van der Waals surface area (Å²) in [7, 11) is -3.96. The zero-order valence-corrected chi connectivity index (χ0v) is 13.4. The van der Waals surface area contributed by atoms with Crippen LogP contribution in [0.4, 0.5) is 13.2 Å². The first-order valence-electron chi connectivity index (χ1n) is 6.82. The van der Waals surface area contributed by atoms with Gasteiger partial charge in [0.15, 0.2) is 0 Å². The molecule has 132 valence electrons. The molecule has 1 aromatic rings. The first-order chi connectivity index (χ1) is 11.1. The number of nitrogens with zero attached hydrogens (tertiary/aromatic N) is 1. The molecule has 1 heterocycles. The lowest BCUT2D eigenvalue weighted by Crippen LogP contribution is -2.68. The molecular weight excluding hydrogens is 351 g/mol. The lowest BCUT2D eigenvalue weighted by atomic mass is 9.87. The fourth-order valence-corrected chi connectivity index (χ4v) is 4.36. The zero-order valence-electron chi connectivity index (χ0n) is 12.5. The summed E-state index contributed by atoms with van der Waals surface area (Å²) < 4.78 is 70.8. The molecule has 6 nitrogen and oxygen atoms in total. The molecule has 10 heteroatoms. The minimum absolute atomic E-state index is 0.0303. The van der Waals surface area contributed by atoms with E-state index in [0.29, 0.717) is 7.11 Å². The van der Waals surface area contributed by atoms with Gasteiger partial charge in [-0.25, -0.2) is 13.2 Å². The second-order valence-corrected chi connectivity index (χ2v) is 7.07. The number of benzene rings is 1. The topological polar surface area (TPSA) is 80.8 Å². The van der Waals surface area contributed by atoms with Crippen LogP contribution < -0.4 is 0 Å². The Morgan fingerprint density at radius 2 is 1.83 bits per heavy atom. The van der Waals surface area contributed by atoms with Gasteiger partial charge >= 0.3 is 12.1 Å². The Kier molecular flexibility index (Phi) is 4.73. The number of ketones is 1. The average Bonchev–Trinajstić information content (AvgIpc) is 2.53. The van der Waals surface area contributed by atoms with Gasteiger partial charge in [0.2, 0.25) is 15.6 Å². The number of rotatable bonds is 3. The molecule has 1 aliphatic heterocycles. The molecule has 24 heavy (non-hydrogen) atoms. The van der Waals surface area contributed by atoms with Gasteiger partial charge in [0.05, 0.1) is 12.0 Å². The van der Waals surface area contributed by atoms with E-state index >= 15 is 0 Å². The lowest BCUT2D eigenvalue weighted by molar-refractivity contribution is -0.232. The van der Waals surface area contributed by atoms with Crippen LogP contribution in [0, 0.1) is 0 Å². The van der Waals surface area contributed by atoms with Crippen molar-refractivity contribution in [3.63, 3.8) is 0 Å². The van der Waals surface area contributed by atoms with Crippen LogP contribution in [0.2, 0.25) is 0 Å². The fraction of sp³-hybridized carbons (Fsp3) is 0.429. The Morgan fingerprint density at radius 3 is 2.33 bits per heavy atom. The molecule has 0 N–H and O–H groups in total. The van der Waals surface area contributed by atoms with E-state index in [1.807, 2.05) is 0 Å². The van der Waals surface area contributed by atoms with Crippen molar-refractivity contribution in [2.45, 2.75) is 29.5 Å². The van der Waals surface area contributed by atoms with Crippen molar-refractivity contribution in [1.29, 1.82) is 0 Å². The molecule has 0 radical (unpaired) electrons. The molecule has 2 rings (SSSR count). The summed E-state index contributed by atoms with van der Waals surface area (Å²) in [6.07, 6.45) is -7.05. The van der Waals surface area contributed by atoms with Gasteiger partial charge < -0.3 is 4.74 Å². The van der Waals surface area contributed by atoms with Crippen molar-refractivity contribution in [1.82, 2.24) is 4.31 Å². The number of carbonyl (C=O) groups excluding carboxylic acids is 2. The number of sulfonamides is 1. The summed E-state index contributed by atoms with van der Waals surface area (Å²) in [4.78, 5) is 23.2. The van der Waals surface area contributed by atoms with Crippen LogP contribution in [-0.2, 0) is 24.3 Å². The molecule has 1 fully saturated rings. The molecular formula is C14H14F3NO5S. The van der Waals surface area contributed by atoms with Gasteiger partial charge in [0, 0.05) is 19.4 Å². The number of ether oxygens (including phenoxy) is 1. The number of piperidine rings is 1. The Balaban J connectivity index is 2.69. The smallest absolute Gasteiger partial charge is 0.419 e. The number of methoxy groups -OCH3 is 1. The molecule has 0 aliphatic carbocycles. The molecule has 0 spiro atoms. The van der Waals surface area contributed by atoms with Crippen molar-refractivity contribution in [2.75, 3.05) is 13.7 Å². The Labute approximate surface area is 136 Å². The highest BCUT2D eigenvalue weighted by molar-refractivity contribution is 7.89. The van der Waals surface area contributed by atoms with Gasteiger partial charge in [-0.3, -0.25) is 4.79 Å². The van der Waals surface area contributed by atoms with E-state index in [1.54, 1.807) is 0 Å². The summed E-state index contributed by atoms with van der Waals surface area (Å²) in [6, 6.07) is 6.41. The zero-order chi connectivity index (χ0) is 18.2.